The van der Waals surface area contributed by atoms with Crippen LogP contribution in [0.3, 0.4) is 0 Å². The number of nitrogens with zero attached hydrogens (tertiary/aromatic N) is 1. The molecule has 2 heterocycles. The molecule has 4 heteroatoms. The normalized spacial score (nSPS) is 13.3. The van der Waals surface area contributed by atoms with E-state index in [1.807, 2.05) is 12.1 Å². The van der Waals surface area contributed by atoms with Crippen molar-refractivity contribution >= 4 is 22.7 Å². The number of para-hydroxylation sites is 1. The molecule has 142 valence electrons. The molecule has 4 nitrogen and oxygen atoms in total. The second-order valence-corrected chi connectivity index (χ2v) is 7.45. The number of nitrogens with one attached hydrogen (secondary N) is 1. The fourth-order valence-corrected chi connectivity index (χ4v) is 4.09. The summed E-state index contributed by atoms with van der Waals surface area (Å²) in [6, 6.07) is 23.6. The number of aryl methyl sites for hydroxylation is 1. The molecule has 0 aliphatic carbocycles. The Balaban J connectivity index is 1.51. The first-order valence-electron chi connectivity index (χ1n) is 9.75. The number of benzene rings is 3. The molecule has 0 fully saturated rings. The largest absolute Gasteiger partial charge is 0.354 e. The zero-order valence-electron chi connectivity index (χ0n) is 16.1. The van der Waals surface area contributed by atoms with Crippen LogP contribution in [0.4, 0.5) is 0 Å². The van der Waals surface area contributed by atoms with Crippen LogP contribution in [-0.4, -0.2) is 28.2 Å². The van der Waals surface area contributed by atoms with E-state index in [1.165, 1.54) is 10.5 Å². The fraction of sp³-hybridized carbons (Fsp3) is 0.120. The summed E-state index contributed by atoms with van der Waals surface area (Å²) in [5, 5.41) is 1.12. The van der Waals surface area contributed by atoms with Crippen molar-refractivity contribution in [3.63, 3.8) is 0 Å². The van der Waals surface area contributed by atoms with Gasteiger partial charge in [0, 0.05) is 23.1 Å². The third-order valence-electron chi connectivity index (χ3n) is 5.62. The van der Waals surface area contributed by atoms with Crippen molar-refractivity contribution in [1.82, 2.24) is 9.88 Å². The van der Waals surface area contributed by atoms with Crippen LogP contribution in [0.25, 0.3) is 22.2 Å². The van der Waals surface area contributed by atoms with Crippen LogP contribution in [0.15, 0.2) is 72.8 Å². The quantitative estimate of drug-likeness (QED) is 0.508. The summed E-state index contributed by atoms with van der Waals surface area (Å²) in [6.07, 6.45) is 0.596. The molecular weight excluding hydrogens is 360 g/mol. The van der Waals surface area contributed by atoms with Crippen molar-refractivity contribution in [2.24, 2.45) is 0 Å². The van der Waals surface area contributed by atoms with Crippen LogP contribution in [0, 0.1) is 6.92 Å². The first-order valence-corrected chi connectivity index (χ1v) is 9.75. The molecule has 0 bridgehead atoms. The van der Waals surface area contributed by atoms with Gasteiger partial charge in [-0.2, -0.15) is 0 Å². The summed E-state index contributed by atoms with van der Waals surface area (Å²) in [4.78, 5) is 30.3. The Morgan fingerprint density at radius 3 is 2.10 bits per heavy atom. The first kappa shape index (κ1) is 17.4. The van der Waals surface area contributed by atoms with Gasteiger partial charge < -0.3 is 4.98 Å². The highest BCUT2D eigenvalue weighted by atomic mass is 16.2. The second kappa shape index (κ2) is 6.74. The van der Waals surface area contributed by atoms with E-state index in [1.54, 1.807) is 24.3 Å². The van der Waals surface area contributed by atoms with Crippen LogP contribution in [0.1, 0.15) is 31.8 Å². The second-order valence-electron chi connectivity index (χ2n) is 7.45. The molecule has 0 unspecified atom stereocenters. The SMILES string of the molecule is Cc1ccc(-c2[nH]c3ccccc3c2CCN2C(=O)c3ccccc3C2=O)cc1. The summed E-state index contributed by atoms with van der Waals surface area (Å²) in [5.74, 6) is -0.412. The van der Waals surface area contributed by atoms with Crippen LogP contribution >= 0.6 is 0 Å². The zero-order chi connectivity index (χ0) is 20.0. The number of hydrogen-bond donors (Lipinski definition) is 1. The monoisotopic (exact) mass is 380 g/mol. The van der Waals surface area contributed by atoms with E-state index in [2.05, 4.69) is 48.3 Å². The van der Waals surface area contributed by atoms with Crippen LogP contribution < -0.4 is 0 Å². The lowest BCUT2D eigenvalue weighted by atomic mass is 10.0. The van der Waals surface area contributed by atoms with E-state index < -0.39 is 0 Å². The van der Waals surface area contributed by atoms with Gasteiger partial charge in [0.2, 0.25) is 0 Å². The number of aromatic nitrogens is 1. The number of carbonyl (C=O) groups excluding carboxylic acids is 2. The topological polar surface area (TPSA) is 53.2 Å². The number of fused-ring (bicyclic) bond motifs is 2. The van der Waals surface area contributed by atoms with Crippen molar-refractivity contribution in [1.29, 1.82) is 0 Å². The Hall–Kier alpha value is -3.66. The zero-order valence-corrected chi connectivity index (χ0v) is 16.1. The maximum absolute atomic E-state index is 12.7. The van der Waals surface area contributed by atoms with E-state index in [0.29, 0.717) is 24.1 Å². The fourth-order valence-electron chi connectivity index (χ4n) is 4.09. The van der Waals surface area contributed by atoms with E-state index >= 15 is 0 Å². The Kier molecular flexibility index (Phi) is 4.06. The molecule has 2 amide bonds. The van der Waals surface area contributed by atoms with E-state index in [9.17, 15) is 9.59 Å². The van der Waals surface area contributed by atoms with Gasteiger partial charge in [-0.15, -0.1) is 0 Å². The minimum atomic E-state index is -0.206. The molecule has 0 spiro atoms. The average Bonchev–Trinajstić information content (AvgIpc) is 3.23. The molecule has 1 aromatic heterocycles. The average molecular weight is 380 g/mol. The molecule has 3 aromatic carbocycles. The maximum Gasteiger partial charge on any atom is 0.261 e. The van der Waals surface area contributed by atoms with Gasteiger partial charge in [0.15, 0.2) is 0 Å². The van der Waals surface area contributed by atoms with Crippen molar-refractivity contribution in [3.05, 3.63) is 95.1 Å². The third kappa shape index (κ3) is 2.85. The highest BCUT2D eigenvalue weighted by molar-refractivity contribution is 6.21. The highest BCUT2D eigenvalue weighted by Crippen LogP contribution is 2.32. The van der Waals surface area contributed by atoms with Gasteiger partial charge in [0.25, 0.3) is 11.8 Å². The summed E-state index contributed by atoms with van der Waals surface area (Å²) < 4.78 is 0. The van der Waals surface area contributed by atoms with Gasteiger partial charge >= 0.3 is 0 Å². The predicted octanol–water partition coefficient (Wildman–Crippen LogP) is 4.98. The maximum atomic E-state index is 12.7. The van der Waals surface area contributed by atoms with Crippen molar-refractivity contribution < 1.29 is 9.59 Å². The lowest BCUT2D eigenvalue weighted by molar-refractivity contribution is 0.0656. The van der Waals surface area contributed by atoms with E-state index in [4.69, 9.17) is 0 Å². The molecule has 1 aliphatic rings. The van der Waals surface area contributed by atoms with Crippen molar-refractivity contribution in [2.45, 2.75) is 13.3 Å². The minimum absolute atomic E-state index is 0.206. The molecule has 0 radical (unpaired) electrons. The lowest BCUT2D eigenvalue weighted by Gasteiger charge is -2.14. The highest BCUT2D eigenvalue weighted by Gasteiger charge is 2.34. The number of imide groups is 1. The van der Waals surface area contributed by atoms with Crippen LogP contribution in [0.2, 0.25) is 0 Å². The van der Waals surface area contributed by atoms with Gasteiger partial charge in [-0.1, -0.05) is 60.2 Å². The molecule has 4 aromatic rings. The third-order valence-corrected chi connectivity index (χ3v) is 5.62. The van der Waals surface area contributed by atoms with Crippen LogP contribution in [-0.2, 0) is 6.42 Å². The lowest BCUT2D eigenvalue weighted by Crippen LogP contribution is -2.31. The smallest absolute Gasteiger partial charge is 0.261 e. The minimum Gasteiger partial charge on any atom is -0.354 e. The van der Waals surface area contributed by atoms with Gasteiger partial charge in [-0.3, -0.25) is 14.5 Å². The van der Waals surface area contributed by atoms with Crippen molar-refractivity contribution in [3.8, 4) is 11.3 Å². The molecular formula is C25H20N2O2. The molecule has 0 saturated heterocycles. The predicted molar refractivity (Wildman–Crippen MR) is 114 cm³/mol. The summed E-state index contributed by atoms with van der Waals surface area (Å²) in [6.45, 7) is 2.42. The number of rotatable bonds is 4. The molecule has 1 N–H and O–H groups in total. The van der Waals surface area contributed by atoms with Crippen LogP contribution in [0.5, 0.6) is 0 Å². The van der Waals surface area contributed by atoms with E-state index in [-0.39, 0.29) is 11.8 Å². The Morgan fingerprint density at radius 1 is 0.793 bits per heavy atom. The van der Waals surface area contributed by atoms with Crippen molar-refractivity contribution in [2.75, 3.05) is 6.54 Å². The number of H-pyrrole nitrogens is 1. The van der Waals surface area contributed by atoms with Gasteiger partial charge in [-0.05, 0) is 42.7 Å². The number of aromatic amines is 1. The molecule has 1 aliphatic heterocycles. The number of hydrogen-bond acceptors (Lipinski definition) is 2. The number of amides is 2. The Bertz CT molecular complexity index is 1220. The molecule has 0 saturated carbocycles. The van der Waals surface area contributed by atoms with Gasteiger partial charge in [-0.25, -0.2) is 0 Å². The Morgan fingerprint density at radius 2 is 1.41 bits per heavy atom. The van der Waals surface area contributed by atoms with Gasteiger partial charge in [0.1, 0.15) is 0 Å². The Labute approximate surface area is 168 Å². The summed E-state index contributed by atoms with van der Waals surface area (Å²) in [7, 11) is 0. The standard InChI is InChI=1S/C25H20N2O2/c1-16-10-12-17(13-11-16)23-19(18-6-4-5-9-22(18)26-23)14-15-27-24(28)20-7-2-3-8-21(20)25(27)29/h2-13,26H,14-15H2,1H3. The summed E-state index contributed by atoms with van der Waals surface area (Å²) in [5.41, 5.74) is 6.52. The van der Waals surface area contributed by atoms with Gasteiger partial charge in [0.05, 0.1) is 11.1 Å². The molecule has 0 atom stereocenters. The summed E-state index contributed by atoms with van der Waals surface area (Å²) >= 11 is 0. The molecule has 5 rings (SSSR count). The van der Waals surface area contributed by atoms with E-state index in [0.717, 1.165) is 27.7 Å². The first-order chi connectivity index (χ1) is 14.1. The molecule has 29 heavy (non-hydrogen) atoms. The number of carbonyl (C=O) groups is 2.